The predicted octanol–water partition coefficient (Wildman–Crippen LogP) is 2.57. The van der Waals surface area contributed by atoms with Gasteiger partial charge in [0, 0.05) is 11.1 Å². The molecule has 0 aliphatic carbocycles. The van der Waals surface area contributed by atoms with E-state index in [1.807, 2.05) is 36.5 Å². The molecule has 0 unspecified atom stereocenters. The summed E-state index contributed by atoms with van der Waals surface area (Å²) in [7, 11) is 1.67. The summed E-state index contributed by atoms with van der Waals surface area (Å²) in [6, 6.07) is 9.84. The number of H-pyrrole nitrogens is 1. The predicted molar refractivity (Wildman–Crippen MR) is 55.7 cm³/mol. The number of aromatic amines is 1. The van der Waals surface area contributed by atoms with Gasteiger partial charge in [-0.2, -0.15) is 5.10 Å². The summed E-state index contributed by atoms with van der Waals surface area (Å²) in [6.07, 6.45) is 1.81. The molecule has 2 aromatic rings. The zero-order valence-corrected chi connectivity index (χ0v) is 8.54. The lowest BCUT2D eigenvalue weighted by Gasteiger charge is -2.01. The molecule has 0 saturated carbocycles. The first-order chi connectivity index (χ1) is 6.88. The van der Waals surface area contributed by atoms with Crippen LogP contribution < -0.4 is 4.74 Å². The number of aromatic nitrogens is 2. The van der Waals surface area contributed by atoms with Gasteiger partial charge in [0.25, 0.3) is 0 Å². The molecule has 1 aromatic heterocycles. The fraction of sp³-hybridized carbons (Fsp3) is 0.100. The minimum absolute atomic E-state index is 0.866. The number of rotatable bonds is 3. The van der Waals surface area contributed by atoms with E-state index >= 15 is 0 Å². The summed E-state index contributed by atoms with van der Waals surface area (Å²) in [5.74, 6) is 0.866. The Balaban J connectivity index is 2.17. The number of nitrogens with zero attached hydrogens (tertiary/aromatic N) is 1. The number of hydrogen-bond donors (Lipinski definition) is 1. The van der Waals surface area contributed by atoms with E-state index in [1.165, 1.54) is 0 Å². The smallest absolute Gasteiger partial charge is 0.123 e. The standard InChI is InChI=1S/C10H10N2OS/c1-13-8-3-2-4-9(7-8)14-10-5-6-11-12-10/h2-7H,1H3,(H,11,12). The zero-order chi connectivity index (χ0) is 9.80. The third kappa shape index (κ3) is 2.09. The van der Waals surface area contributed by atoms with Gasteiger partial charge in [0.05, 0.1) is 7.11 Å². The molecular weight excluding hydrogens is 196 g/mol. The van der Waals surface area contributed by atoms with E-state index in [9.17, 15) is 0 Å². The molecule has 14 heavy (non-hydrogen) atoms. The van der Waals surface area contributed by atoms with E-state index in [4.69, 9.17) is 4.74 Å². The zero-order valence-electron chi connectivity index (χ0n) is 7.73. The lowest BCUT2D eigenvalue weighted by molar-refractivity contribution is 0.413. The second-order valence-corrected chi connectivity index (χ2v) is 3.79. The third-order valence-corrected chi connectivity index (χ3v) is 2.66. The molecule has 4 heteroatoms. The highest BCUT2D eigenvalue weighted by Gasteiger charge is 1.99. The summed E-state index contributed by atoms with van der Waals surface area (Å²) >= 11 is 1.60. The Morgan fingerprint density at radius 3 is 3.00 bits per heavy atom. The maximum atomic E-state index is 5.13. The Morgan fingerprint density at radius 2 is 2.29 bits per heavy atom. The number of hydrogen-bond acceptors (Lipinski definition) is 3. The van der Waals surface area contributed by atoms with Gasteiger partial charge in [-0.15, -0.1) is 0 Å². The van der Waals surface area contributed by atoms with Crippen molar-refractivity contribution in [1.29, 1.82) is 0 Å². The minimum atomic E-state index is 0.866. The highest BCUT2D eigenvalue weighted by atomic mass is 32.2. The molecular formula is C10H10N2OS. The van der Waals surface area contributed by atoms with Gasteiger partial charge in [0.2, 0.25) is 0 Å². The molecule has 0 aliphatic rings. The van der Waals surface area contributed by atoms with Crippen LogP contribution in [0.15, 0.2) is 46.5 Å². The van der Waals surface area contributed by atoms with Crippen LogP contribution in [0.5, 0.6) is 5.75 Å². The molecule has 0 saturated heterocycles. The second kappa shape index (κ2) is 4.19. The fourth-order valence-corrected chi connectivity index (χ4v) is 1.89. The summed E-state index contributed by atoms with van der Waals surface area (Å²) in [5.41, 5.74) is 0. The quantitative estimate of drug-likeness (QED) is 0.838. The molecule has 72 valence electrons. The molecule has 3 nitrogen and oxygen atoms in total. The highest BCUT2D eigenvalue weighted by molar-refractivity contribution is 7.99. The van der Waals surface area contributed by atoms with Crippen LogP contribution in [0, 0.1) is 0 Å². The van der Waals surface area contributed by atoms with Crippen molar-refractivity contribution in [3.8, 4) is 5.75 Å². The summed E-state index contributed by atoms with van der Waals surface area (Å²) in [6.45, 7) is 0. The van der Waals surface area contributed by atoms with Gasteiger partial charge in [-0.1, -0.05) is 17.8 Å². The molecule has 0 radical (unpaired) electrons. The van der Waals surface area contributed by atoms with Crippen molar-refractivity contribution in [3.63, 3.8) is 0 Å². The van der Waals surface area contributed by atoms with Crippen molar-refractivity contribution in [2.24, 2.45) is 0 Å². The molecule has 0 amide bonds. The molecule has 0 spiro atoms. The molecule has 1 aromatic carbocycles. The van der Waals surface area contributed by atoms with Crippen LogP contribution in [0.4, 0.5) is 0 Å². The third-order valence-electron chi connectivity index (χ3n) is 1.74. The molecule has 2 rings (SSSR count). The van der Waals surface area contributed by atoms with Crippen LogP contribution in [-0.2, 0) is 0 Å². The monoisotopic (exact) mass is 206 g/mol. The minimum Gasteiger partial charge on any atom is -0.497 e. The summed E-state index contributed by atoms with van der Waals surface area (Å²) in [4.78, 5) is 1.12. The number of methoxy groups -OCH3 is 1. The van der Waals surface area contributed by atoms with Crippen molar-refractivity contribution in [2.45, 2.75) is 9.92 Å². The molecule has 1 heterocycles. The van der Waals surface area contributed by atoms with Crippen molar-refractivity contribution in [2.75, 3.05) is 7.11 Å². The van der Waals surface area contributed by atoms with Gasteiger partial charge in [0.15, 0.2) is 0 Å². The molecule has 0 fully saturated rings. The Kier molecular flexibility index (Phi) is 2.74. The van der Waals surface area contributed by atoms with E-state index in [2.05, 4.69) is 10.2 Å². The Labute approximate surface area is 86.5 Å². The van der Waals surface area contributed by atoms with Crippen molar-refractivity contribution in [3.05, 3.63) is 36.5 Å². The Hall–Kier alpha value is -1.42. The maximum absolute atomic E-state index is 5.13. The van der Waals surface area contributed by atoms with Crippen LogP contribution in [0.3, 0.4) is 0 Å². The second-order valence-electron chi connectivity index (χ2n) is 2.69. The lowest BCUT2D eigenvalue weighted by atomic mass is 10.3. The lowest BCUT2D eigenvalue weighted by Crippen LogP contribution is -1.82. The van der Waals surface area contributed by atoms with E-state index in [-0.39, 0.29) is 0 Å². The van der Waals surface area contributed by atoms with Gasteiger partial charge < -0.3 is 4.74 Å². The first-order valence-corrected chi connectivity index (χ1v) is 5.02. The highest BCUT2D eigenvalue weighted by Crippen LogP contribution is 2.27. The molecule has 1 N–H and O–H groups in total. The van der Waals surface area contributed by atoms with Crippen LogP contribution in [0.2, 0.25) is 0 Å². The Bertz CT molecular complexity index is 400. The summed E-state index contributed by atoms with van der Waals surface area (Å²) in [5, 5.41) is 7.80. The average Bonchev–Trinajstić information content (AvgIpc) is 2.71. The number of ether oxygens (including phenoxy) is 1. The Morgan fingerprint density at radius 1 is 1.36 bits per heavy atom. The van der Waals surface area contributed by atoms with Crippen LogP contribution >= 0.6 is 11.8 Å². The number of benzene rings is 1. The molecule has 0 atom stereocenters. The van der Waals surface area contributed by atoms with Gasteiger partial charge in [0.1, 0.15) is 10.8 Å². The van der Waals surface area contributed by atoms with Gasteiger partial charge in [-0.25, -0.2) is 0 Å². The average molecular weight is 206 g/mol. The maximum Gasteiger partial charge on any atom is 0.123 e. The van der Waals surface area contributed by atoms with Gasteiger partial charge in [-0.3, -0.25) is 5.10 Å². The largest absolute Gasteiger partial charge is 0.497 e. The van der Waals surface area contributed by atoms with Crippen molar-refractivity contribution in [1.82, 2.24) is 10.2 Å². The van der Waals surface area contributed by atoms with E-state index in [0.29, 0.717) is 0 Å². The number of nitrogens with one attached hydrogen (secondary N) is 1. The normalized spacial score (nSPS) is 10.1. The first-order valence-electron chi connectivity index (χ1n) is 4.20. The fourth-order valence-electron chi connectivity index (χ4n) is 1.09. The van der Waals surface area contributed by atoms with Gasteiger partial charge >= 0.3 is 0 Å². The topological polar surface area (TPSA) is 37.9 Å². The molecule has 0 aliphatic heterocycles. The van der Waals surface area contributed by atoms with Crippen LogP contribution in [0.1, 0.15) is 0 Å². The van der Waals surface area contributed by atoms with E-state index in [1.54, 1.807) is 18.9 Å². The van der Waals surface area contributed by atoms with Crippen LogP contribution in [-0.4, -0.2) is 17.3 Å². The first kappa shape index (κ1) is 9.15. The van der Waals surface area contributed by atoms with Crippen molar-refractivity contribution < 1.29 is 4.74 Å². The van der Waals surface area contributed by atoms with Crippen LogP contribution in [0.25, 0.3) is 0 Å². The van der Waals surface area contributed by atoms with Gasteiger partial charge in [-0.05, 0) is 24.3 Å². The summed E-state index contributed by atoms with van der Waals surface area (Å²) < 4.78 is 5.13. The van der Waals surface area contributed by atoms with E-state index in [0.717, 1.165) is 15.7 Å². The van der Waals surface area contributed by atoms with E-state index < -0.39 is 0 Å². The van der Waals surface area contributed by atoms with Crippen molar-refractivity contribution >= 4 is 11.8 Å². The SMILES string of the molecule is COc1cccc(Sc2cc[nH]n2)c1. The molecule has 0 bridgehead atoms.